The SMILES string of the molecule is CCCC/C=C/CC/C=C/C(O)C(COC1OC(CO)C(OC2OC(CO)C(OC3OC(CO)C(O)C(O)C3O)C(O)C2O)C(O)C1O)NC(=O)CCCCCCCCCCCCC/C=C\C/C=C\CCCCCCC. The summed E-state index contributed by atoms with van der Waals surface area (Å²) < 4.78 is 34.1. The number of carbonyl (C=O) groups is 1. The van der Waals surface area contributed by atoms with Crippen molar-refractivity contribution < 1.29 is 89.4 Å². The summed E-state index contributed by atoms with van der Waals surface area (Å²) in [4.78, 5) is 13.2. The lowest BCUT2D eigenvalue weighted by Crippen LogP contribution is -2.66. The molecule has 12 N–H and O–H groups in total. The maximum absolute atomic E-state index is 13.2. The number of unbranched alkanes of at least 4 members (excludes halogenated alkanes) is 19. The predicted molar refractivity (Wildman–Crippen MR) is 286 cm³/mol. The molecule has 442 valence electrons. The van der Waals surface area contributed by atoms with Crippen LogP contribution in [0.4, 0.5) is 0 Å². The summed E-state index contributed by atoms with van der Waals surface area (Å²) in [6.45, 7) is 1.58. The molecule has 0 spiro atoms. The van der Waals surface area contributed by atoms with Gasteiger partial charge in [-0.25, -0.2) is 0 Å². The third-order valence-electron chi connectivity index (χ3n) is 14.3. The van der Waals surface area contributed by atoms with Crippen LogP contribution in [-0.2, 0) is 33.2 Å². The number of allylic oxidation sites excluding steroid dienone is 7. The average molecular weight is 1090 g/mol. The molecule has 0 radical (unpaired) electrons. The van der Waals surface area contributed by atoms with Crippen molar-refractivity contribution in [2.24, 2.45) is 0 Å². The molecule has 0 aliphatic carbocycles. The Morgan fingerprint density at radius 2 is 0.895 bits per heavy atom. The summed E-state index contributed by atoms with van der Waals surface area (Å²) in [5, 5.41) is 120. The predicted octanol–water partition coefficient (Wildman–Crippen LogP) is 4.31. The molecule has 3 saturated heterocycles. The molecule has 0 aromatic carbocycles. The van der Waals surface area contributed by atoms with Gasteiger partial charge in [0.15, 0.2) is 18.9 Å². The number of ether oxygens (including phenoxy) is 6. The third-order valence-corrected chi connectivity index (χ3v) is 14.3. The van der Waals surface area contributed by atoms with E-state index in [1.807, 2.05) is 6.08 Å². The van der Waals surface area contributed by atoms with Gasteiger partial charge >= 0.3 is 0 Å². The lowest BCUT2D eigenvalue weighted by atomic mass is 9.96. The van der Waals surface area contributed by atoms with Gasteiger partial charge in [-0.3, -0.25) is 4.79 Å². The Balaban J connectivity index is 1.44. The summed E-state index contributed by atoms with van der Waals surface area (Å²) in [6, 6.07) is -0.988. The lowest BCUT2D eigenvalue weighted by molar-refractivity contribution is -0.379. The van der Waals surface area contributed by atoms with Gasteiger partial charge in [0.05, 0.1) is 38.6 Å². The number of hydrogen-bond acceptors (Lipinski definition) is 18. The fourth-order valence-corrected chi connectivity index (χ4v) is 9.52. The molecule has 17 unspecified atom stereocenters. The van der Waals surface area contributed by atoms with E-state index < -0.39 is 124 Å². The van der Waals surface area contributed by atoms with Crippen molar-refractivity contribution in [2.75, 3.05) is 26.4 Å². The Kier molecular flexibility index (Phi) is 36.6. The number of nitrogens with one attached hydrogen (secondary N) is 1. The van der Waals surface area contributed by atoms with Gasteiger partial charge in [0.1, 0.15) is 73.2 Å². The Hall–Kier alpha value is -2.25. The van der Waals surface area contributed by atoms with Gasteiger partial charge in [-0.2, -0.15) is 0 Å². The number of rotatable bonds is 41. The first-order valence-corrected chi connectivity index (χ1v) is 28.9. The van der Waals surface area contributed by atoms with Crippen LogP contribution in [0.1, 0.15) is 174 Å². The molecule has 0 saturated carbocycles. The van der Waals surface area contributed by atoms with Crippen molar-refractivity contribution >= 4 is 5.91 Å². The molecule has 3 aliphatic rings. The second kappa shape index (κ2) is 40.9. The molecule has 3 heterocycles. The van der Waals surface area contributed by atoms with Crippen molar-refractivity contribution in [1.29, 1.82) is 0 Å². The highest BCUT2D eigenvalue weighted by Crippen LogP contribution is 2.33. The van der Waals surface area contributed by atoms with Gasteiger partial charge in [0, 0.05) is 6.42 Å². The van der Waals surface area contributed by atoms with E-state index in [0.29, 0.717) is 12.8 Å². The highest BCUT2D eigenvalue weighted by atomic mass is 16.8. The first-order chi connectivity index (χ1) is 36.8. The highest BCUT2D eigenvalue weighted by Gasteiger charge is 2.53. The van der Waals surface area contributed by atoms with Crippen LogP contribution in [0.2, 0.25) is 0 Å². The number of hydrogen-bond donors (Lipinski definition) is 12. The normalized spacial score (nSPS) is 31.3. The monoisotopic (exact) mass is 1090 g/mol. The van der Waals surface area contributed by atoms with E-state index in [0.717, 1.165) is 64.2 Å². The lowest BCUT2D eigenvalue weighted by Gasteiger charge is -2.48. The minimum Gasteiger partial charge on any atom is -0.394 e. The van der Waals surface area contributed by atoms with Crippen LogP contribution in [-0.4, -0.2) is 193 Å². The molecule has 17 atom stereocenters. The van der Waals surface area contributed by atoms with Crippen LogP contribution in [0.15, 0.2) is 48.6 Å². The number of aliphatic hydroxyl groups is 11. The van der Waals surface area contributed by atoms with Gasteiger partial charge in [0.25, 0.3) is 0 Å². The van der Waals surface area contributed by atoms with Crippen LogP contribution in [0.5, 0.6) is 0 Å². The zero-order valence-electron chi connectivity index (χ0n) is 45.7. The minimum atomic E-state index is -1.98. The van der Waals surface area contributed by atoms with E-state index in [2.05, 4.69) is 55.6 Å². The Bertz CT molecular complexity index is 1580. The fraction of sp³-hybridized carbons (Fsp3) is 0.842. The summed E-state index contributed by atoms with van der Waals surface area (Å²) in [7, 11) is 0. The molecule has 0 aromatic heterocycles. The van der Waals surface area contributed by atoms with Crippen molar-refractivity contribution in [3.63, 3.8) is 0 Å². The maximum Gasteiger partial charge on any atom is 0.220 e. The molecule has 0 bridgehead atoms. The molecule has 19 heteroatoms. The summed E-state index contributed by atoms with van der Waals surface area (Å²) in [5.74, 6) is -0.294. The Morgan fingerprint density at radius 1 is 0.474 bits per heavy atom. The van der Waals surface area contributed by atoms with Gasteiger partial charge in [-0.05, 0) is 57.8 Å². The molecular weight excluding hydrogens is 987 g/mol. The molecule has 3 aliphatic heterocycles. The molecular formula is C57H101NO18. The fourth-order valence-electron chi connectivity index (χ4n) is 9.52. The standard InChI is InChI=1S/C57H101NO18/c1-3-5-7-9-11-13-14-15-16-17-18-19-20-21-22-23-24-25-26-27-29-31-33-35-45(63)58-40(41(62)34-32-30-28-12-10-8-6-4-2)39-71-55-51(69)48(66)53(43(37-60)73-55)76-57-52(70)49(67)54(44(38-61)74-57)75-56-50(68)47(65)46(64)42(36-59)72-56/h10,12,14-15,17-18,32,34,40-44,46-57,59-62,64-70H,3-9,11,13,16,19-31,33,35-39H2,1-2H3,(H,58,63)/b12-10+,15-14-,18-17-,34-32+. The van der Waals surface area contributed by atoms with E-state index >= 15 is 0 Å². The topological polar surface area (TPSA) is 307 Å². The van der Waals surface area contributed by atoms with Crippen LogP contribution in [0, 0.1) is 0 Å². The second-order valence-corrected chi connectivity index (χ2v) is 20.7. The van der Waals surface area contributed by atoms with Crippen molar-refractivity contribution in [2.45, 2.75) is 279 Å². The van der Waals surface area contributed by atoms with Crippen molar-refractivity contribution in [3.8, 4) is 0 Å². The van der Waals surface area contributed by atoms with E-state index in [1.165, 1.54) is 77.0 Å². The molecule has 3 fully saturated rings. The number of amides is 1. The maximum atomic E-state index is 13.2. The quantitative estimate of drug-likeness (QED) is 0.0300. The largest absolute Gasteiger partial charge is 0.394 e. The molecule has 1 amide bonds. The van der Waals surface area contributed by atoms with Crippen molar-refractivity contribution in [1.82, 2.24) is 5.32 Å². The van der Waals surface area contributed by atoms with E-state index in [1.54, 1.807) is 6.08 Å². The summed E-state index contributed by atoms with van der Waals surface area (Å²) in [5.41, 5.74) is 0. The molecule has 3 rings (SSSR count). The van der Waals surface area contributed by atoms with E-state index in [4.69, 9.17) is 28.4 Å². The highest BCUT2D eigenvalue weighted by molar-refractivity contribution is 5.76. The first-order valence-electron chi connectivity index (χ1n) is 28.9. The van der Waals surface area contributed by atoms with E-state index in [9.17, 15) is 61.0 Å². The average Bonchev–Trinajstić information content (AvgIpc) is 3.41. The van der Waals surface area contributed by atoms with E-state index in [-0.39, 0.29) is 18.9 Å². The minimum absolute atomic E-state index is 0.231. The molecule has 19 nitrogen and oxygen atoms in total. The van der Waals surface area contributed by atoms with Gasteiger partial charge < -0.3 is 89.9 Å². The Morgan fingerprint density at radius 3 is 1.43 bits per heavy atom. The van der Waals surface area contributed by atoms with Crippen LogP contribution >= 0.6 is 0 Å². The van der Waals surface area contributed by atoms with Gasteiger partial charge in [-0.1, -0.05) is 159 Å². The van der Waals surface area contributed by atoms with Gasteiger partial charge in [-0.15, -0.1) is 0 Å². The number of carbonyl (C=O) groups excluding carboxylic acids is 1. The number of aliphatic hydroxyl groups excluding tert-OH is 11. The van der Waals surface area contributed by atoms with Crippen LogP contribution in [0.25, 0.3) is 0 Å². The van der Waals surface area contributed by atoms with Crippen LogP contribution < -0.4 is 5.32 Å². The smallest absolute Gasteiger partial charge is 0.220 e. The first kappa shape index (κ1) is 68.0. The zero-order chi connectivity index (χ0) is 55.5. The molecule has 0 aromatic rings. The van der Waals surface area contributed by atoms with Crippen LogP contribution in [0.3, 0.4) is 0 Å². The summed E-state index contributed by atoms with van der Waals surface area (Å²) >= 11 is 0. The molecule has 76 heavy (non-hydrogen) atoms. The zero-order valence-corrected chi connectivity index (χ0v) is 45.7. The van der Waals surface area contributed by atoms with Crippen molar-refractivity contribution in [3.05, 3.63) is 48.6 Å². The summed E-state index contributed by atoms with van der Waals surface area (Å²) in [6.07, 6.45) is 17.1. The third kappa shape index (κ3) is 25.0. The second-order valence-electron chi connectivity index (χ2n) is 20.7. The van der Waals surface area contributed by atoms with Gasteiger partial charge in [0.2, 0.25) is 5.91 Å². The Labute approximate surface area is 453 Å².